The Hall–Kier alpha value is -3.02. The van der Waals surface area contributed by atoms with Gasteiger partial charge in [0.2, 0.25) is 6.29 Å². The third-order valence-corrected chi connectivity index (χ3v) is 3.55. The van der Waals surface area contributed by atoms with Gasteiger partial charge in [0.25, 0.3) is 5.91 Å². The molecule has 2 aromatic rings. The lowest BCUT2D eigenvalue weighted by molar-refractivity contribution is -0.129. The van der Waals surface area contributed by atoms with Crippen molar-refractivity contribution in [3.8, 4) is 17.2 Å². The second-order valence-corrected chi connectivity index (χ2v) is 4.92. The Morgan fingerprint density at radius 1 is 1.00 bits per heavy atom. The summed E-state index contributed by atoms with van der Waals surface area (Å²) in [7, 11) is 4.64. The van der Waals surface area contributed by atoms with Gasteiger partial charge in [-0.15, -0.1) is 0 Å². The zero-order chi connectivity index (χ0) is 17.5. The summed E-state index contributed by atoms with van der Waals surface area (Å²) in [4.78, 5) is 24.5. The van der Waals surface area contributed by atoms with Crippen molar-refractivity contribution in [2.75, 3.05) is 26.2 Å². The molecule has 0 atom stereocenters. The molecular formula is C18H19NO5. The van der Waals surface area contributed by atoms with Gasteiger partial charge < -0.3 is 19.1 Å². The standard InChI is InChI=1S/C18H19NO5/c1-22-15-6-4-5-14(9-15)19(18(21)12-20)11-13-7-8-16(23-2)10-17(13)24-3/h4-10,12H,11H2,1-3H3. The van der Waals surface area contributed by atoms with E-state index in [1.54, 1.807) is 49.6 Å². The molecule has 1 amide bonds. The zero-order valence-corrected chi connectivity index (χ0v) is 13.8. The van der Waals surface area contributed by atoms with Crippen LogP contribution in [0.1, 0.15) is 5.56 Å². The van der Waals surface area contributed by atoms with Crippen LogP contribution in [0.15, 0.2) is 42.5 Å². The number of aldehydes is 1. The summed E-state index contributed by atoms with van der Waals surface area (Å²) in [6, 6.07) is 12.2. The lowest BCUT2D eigenvalue weighted by Gasteiger charge is -2.22. The van der Waals surface area contributed by atoms with Crippen LogP contribution in [0, 0.1) is 0 Å². The van der Waals surface area contributed by atoms with Crippen molar-refractivity contribution >= 4 is 17.9 Å². The van der Waals surface area contributed by atoms with Gasteiger partial charge in [-0.25, -0.2) is 0 Å². The van der Waals surface area contributed by atoms with Crippen molar-refractivity contribution in [1.82, 2.24) is 0 Å². The monoisotopic (exact) mass is 329 g/mol. The predicted molar refractivity (Wildman–Crippen MR) is 89.8 cm³/mol. The first-order valence-electron chi connectivity index (χ1n) is 7.24. The van der Waals surface area contributed by atoms with Crippen LogP contribution < -0.4 is 19.1 Å². The summed E-state index contributed by atoms with van der Waals surface area (Å²) in [6.07, 6.45) is 0.287. The number of nitrogens with zero attached hydrogens (tertiary/aromatic N) is 1. The highest BCUT2D eigenvalue weighted by Crippen LogP contribution is 2.28. The molecule has 0 saturated carbocycles. The molecule has 0 fully saturated rings. The summed E-state index contributed by atoms with van der Waals surface area (Å²) < 4.78 is 15.7. The number of anilines is 1. The highest BCUT2D eigenvalue weighted by atomic mass is 16.5. The number of methoxy groups -OCH3 is 3. The van der Waals surface area contributed by atoms with Gasteiger partial charge in [0, 0.05) is 23.4 Å². The largest absolute Gasteiger partial charge is 0.497 e. The van der Waals surface area contributed by atoms with Gasteiger partial charge in [0.1, 0.15) is 17.2 Å². The quantitative estimate of drug-likeness (QED) is 0.577. The smallest absolute Gasteiger partial charge is 0.291 e. The lowest BCUT2D eigenvalue weighted by Crippen LogP contribution is -2.31. The molecule has 0 spiro atoms. The van der Waals surface area contributed by atoms with Crippen molar-refractivity contribution in [3.63, 3.8) is 0 Å². The fourth-order valence-electron chi connectivity index (χ4n) is 2.29. The van der Waals surface area contributed by atoms with Crippen LogP contribution in [-0.2, 0) is 16.1 Å². The second-order valence-electron chi connectivity index (χ2n) is 4.92. The van der Waals surface area contributed by atoms with Crippen molar-refractivity contribution in [1.29, 1.82) is 0 Å². The predicted octanol–water partition coefficient (Wildman–Crippen LogP) is 2.44. The van der Waals surface area contributed by atoms with Gasteiger partial charge in [-0.3, -0.25) is 9.59 Å². The van der Waals surface area contributed by atoms with E-state index in [0.717, 1.165) is 5.56 Å². The number of rotatable bonds is 7. The fourth-order valence-corrected chi connectivity index (χ4v) is 2.29. The average molecular weight is 329 g/mol. The van der Waals surface area contributed by atoms with Crippen LogP contribution in [0.4, 0.5) is 5.69 Å². The molecule has 0 radical (unpaired) electrons. The number of hydrogen-bond donors (Lipinski definition) is 0. The van der Waals surface area contributed by atoms with Gasteiger partial charge in [0.15, 0.2) is 0 Å². The molecule has 126 valence electrons. The molecule has 2 rings (SSSR count). The third-order valence-electron chi connectivity index (χ3n) is 3.55. The first kappa shape index (κ1) is 17.3. The van der Waals surface area contributed by atoms with Gasteiger partial charge in [-0.1, -0.05) is 6.07 Å². The SMILES string of the molecule is COc1cccc(N(Cc2ccc(OC)cc2OC)C(=O)C=O)c1. The van der Waals surface area contributed by atoms with Gasteiger partial charge in [-0.05, 0) is 24.3 Å². The Morgan fingerprint density at radius 3 is 2.33 bits per heavy atom. The Kier molecular flexibility index (Phi) is 5.78. The normalized spacial score (nSPS) is 9.96. The number of benzene rings is 2. The molecular weight excluding hydrogens is 310 g/mol. The Balaban J connectivity index is 2.39. The number of carbonyl (C=O) groups excluding carboxylic acids is 2. The summed E-state index contributed by atoms with van der Waals surface area (Å²) >= 11 is 0. The van der Waals surface area contributed by atoms with Crippen LogP contribution >= 0.6 is 0 Å². The van der Waals surface area contributed by atoms with Crippen molar-refractivity contribution in [3.05, 3.63) is 48.0 Å². The average Bonchev–Trinajstić information content (AvgIpc) is 2.65. The molecule has 0 aliphatic carbocycles. The first-order chi connectivity index (χ1) is 11.6. The van der Waals surface area contributed by atoms with E-state index >= 15 is 0 Å². The van der Waals surface area contributed by atoms with E-state index in [1.165, 1.54) is 19.1 Å². The topological polar surface area (TPSA) is 65.1 Å². The molecule has 2 aromatic carbocycles. The molecule has 0 bridgehead atoms. The minimum absolute atomic E-state index is 0.178. The Morgan fingerprint density at radius 2 is 1.71 bits per heavy atom. The van der Waals surface area contributed by atoms with E-state index in [-0.39, 0.29) is 12.8 Å². The molecule has 6 nitrogen and oxygen atoms in total. The summed E-state index contributed by atoms with van der Waals surface area (Å²) in [5, 5.41) is 0. The minimum Gasteiger partial charge on any atom is -0.497 e. The van der Waals surface area contributed by atoms with Crippen molar-refractivity contribution in [2.24, 2.45) is 0 Å². The van der Waals surface area contributed by atoms with E-state index in [4.69, 9.17) is 14.2 Å². The molecule has 0 heterocycles. The number of carbonyl (C=O) groups is 2. The maximum Gasteiger partial charge on any atom is 0.291 e. The van der Waals surface area contributed by atoms with Gasteiger partial charge >= 0.3 is 0 Å². The van der Waals surface area contributed by atoms with E-state index in [2.05, 4.69) is 0 Å². The summed E-state index contributed by atoms with van der Waals surface area (Å²) in [5.41, 5.74) is 1.31. The first-order valence-corrected chi connectivity index (χ1v) is 7.24. The number of amides is 1. The van der Waals surface area contributed by atoms with E-state index in [0.29, 0.717) is 22.9 Å². The second kappa shape index (κ2) is 8.01. The number of ether oxygens (including phenoxy) is 3. The highest BCUT2D eigenvalue weighted by Gasteiger charge is 2.18. The number of hydrogen-bond acceptors (Lipinski definition) is 5. The Labute approximate surface area is 140 Å². The van der Waals surface area contributed by atoms with Crippen LogP contribution in [0.5, 0.6) is 17.2 Å². The van der Waals surface area contributed by atoms with Crippen molar-refractivity contribution < 1.29 is 23.8 Å². The highest BCUT2D eigenvalue weighted by molar-refractivity contribution is 6.30. The van der Waals surface area contributed by atoms with Gasteiger partial charge in [-0.2, -0.15) is 0 Å². The molecule has 0 N–H and O–H groups in total. The summed E-state index contributed by atoms with van der Waals surface area (Å²) in [6.45, 7) is 0.178. The fraction of sp³-hybridized carbons (Fsp3) is 0.222. The molecule has 0 unspecified atom stereocenters. The molecule has 0 saturated heterocycles. The van der Waals surface area contributed by atoms with E-state index < -0.39 is 5.91 Å². The molecule has 0 aliphatic rings. The maximum atomic E-state index is 12.1. The van der Waals surface area contributed by atoms with Crippen LogP contribution in [0.25, 0.3) is 0 Å². The summed E-state index contributed by atoms with van der Waals surface area (Å²) in [5.74, 6) is 1.16. The van der Waals surface area contributed by atoms with Gasteiger partial charge in [0.05, 0.1) is 27.9 Å². The lowest BCUT2D eigenvalue weighted by atomic mass is 10.1. The van der Waals surface area contributed by atoms with E-state index in [1.807, 2.05) is 0 Å². The molecule has 0 aliphatic heterocycles. The third kappa shape index (κ3) is 3.84. The van der Waals surface area contributed by atoms with Crippen LogP contribution in [0.3, 0.4) is 0 Å². The maximum absolute atomic E-state index is 12.1. The van der Waals surface area contributed by atoms with E-state index in [9.17, 15) is 9.59 Å². The van der Waals surface area contributed by atoms with Crippen LogP contribution in [-0.4, -0.2) is 33.5 Å². The minimum atomic E-state index is -0.652. The molecule has 24 heavy (non-hydrogen) atoms. The van der Waals surface area contributed by atoms with Crippen LogP contribution in [0.2, 0.25) is 0 Å². The van der Waals surface area contributed by atoms with Crippen molar-refractivity contribution in [2.45, 2.75) is 6.54 Å². The molecule has 0 aromatic heterocycles. The Bertz CT molecular complexity index is 729. The zero-order valence-electron chi connectivity index (χ0n) is 13.8. The molecule has 6 heteroatoms.